The molecule has 0 spiro atoms. The molecule has 3 aromatic carbocycles. The molecule has 1 aliphatic rings. The summed E-state index contributed by atoms with van der Waals surface area (Å²) >= 11 is 0. The second-order valence-corrected chi connectivity index (χ2v) is 9.45. The first-order valence-electron chi connectivity index (χ1n) is 13.2. The normalized spacial score (nSPS) is 18.9. The van der Waals surface area contributed by atoms with E-state index >= 15 is 0 Å². The van der Waals surface area contributed by atoms with E-state index in [9.17, 15) is 14.4 Å². The molecule has 1 saturated heterocycles. The molecule has 2 N–H and O–H groups in total. The fourth-order valence-electron chi connectivity index (χ4n) is 5.15. The fraction of sp³-hybridized carbons (Fsp3) is 0.258. The number of amides is 1. The lowest BCUT2D eigenvalue weighted by Gasteiger charge is -2.37. The van der Waals surface area contributed by atoms with E-state index in [2.05, 4.69) is 10.3 Å². The molecule has 1 aliphatic heterocycles. The van der Waals surface area contributed by atoms with Crippen LogP contribution in [-0.2, 0) is 24.6 Å². The van der Waals surface area contributed by atoms with Gasteiger partial charge in [-0.2, -0.15) is 0 Å². The molecule has 40 heavy (non-hydrogen) atoms. The van der Waals surface area contributed by atoms with Crippen molar-refractivity contribution < 1.29 is 19.0 Å². The molecule has 1 aromatic heterocycles. The molecular weight excluding hydrogens is 510 g/mol. The summed E-state index contributed by atoms with van der Waals surface area (Å²) in [7, 11) is 0. The van der Waals surface area contributed by atoms with Gasteiger partial charge in [-0.1, -0.05) is 91.0 Å². The van der Waals surface area contributed by atoms with Gasteiger partial charge in [0.1, 0.15) is 17.9 Å². The molecule has 1 amide bonds. The van der Waals surface area contributed by atoms with E-state index in [0.717, 1.165) is 16.7 Å². The number of H-pyrrole nitrogens is 1. The lowest BCUT2D eigenvalue weighted by Crippen LogP contribution is -2.39. The van der Waals surface area contributed by atoms with Crippen LogP contribution in [0.4, 0.5) is 0 Å². The maximum absolute atomic E-state index is 12.5. The molecule has 0 bridgehead atoms. The van der Waals surface area contributed by atoms with E-state index < -0.39 is 35.3 Å². The first kappa shape index (κ1) is 27.3. The van der Waals surface area contributed by atoms with E-state index in [0.29, 0.717) is 19.4 Å². The maximum atomic E-state index is 12.5. The van der Waals surface area contributed by atoms with E-state index in [4.69, 9.17) is 14.2 Å². The Balaban J connectivity index is 1.50. The molecule has 0 saturated carbocycles. The van der Waals surface area contributed by atoms with Gasteiger partial charge in [0.15, 0.2) is 0 Å². The Bertz CT molecular complexity index is 1390. The highest BCUT2D eigenvalue weighted by Gasteiger charge is 2.42. The summed E-state index contributed by atoms with van der Waals surface area (Å²) < 4.78 is 20.7. The van der Waals surface area contributed by atoms with E-state index in [1.807, 2.05) is 91.0 Å². The number of carbonyl (C=O) groups is 1. The van der Waals surface area contributed by atoms with Gasteiger partial charge in [0, 0.05) is 25.2 Å². The molecule has 3 atom stereocenters. The zero-order chi connectivity index (χ0) is 27.8. The number of nitrogens with one attached hydrogen (secondary N) is 2. The number of rotatable bonds is 12. The second-order valence-electron chi connectivity index (χ2n) is 9.45. The average Bonchev–Trinajstić information content (AvgIpc) is 3.40. The lowest BCUT2D eigenvalue weighted by atomic mass is 9.80. The number of aromatic amines is 1. The van der Waals surface area contributed by atoms with Crippen molar-refractivity contribution in [1.82, 2.24) is 14.9 Å². The largest absolute Gasteiger partial charge is 0.373 e. The van der Waals surface area contributed by atoms with Crippen molar-refractivity contribution in [1.29, 1.82) is 0 Å². The van der Waals surface area contributed by atoms with Gasteiger partial charge in [-0.25, -0.2) is 4.79 Å². The SMILES string of the molecule is O=CNCCO[C@H]1C[C@H](n2ccc(=O)[nH]c2=O)O[C@@H]1COC(c1ccccc1)(c1ccccc1)c1ccccc1. The number of hydrogen-bond acceptors (Lipinski definition) is 6. The van der Waals surface area contributed by atoms with Gasteiger partial charge < -0.3 is 19.5 Å². The Kier molecular flexibility index (Phi) is 8.65. The van der Waals surface area contributed by atoms with E-state index in [1.165, 1.54) is 16.8 Å². The average molecular weight is 542 g/mol. The molecule has 0 aliphatic carbocycles. The highest BCUT2D eigenvalue weighted by atomic mass is 16.6. The summed E-state index contributed by atoms with van der Waals surface area (Å²) in [5.74, 6) is 0. The third-order valence-electron chi connectivity index (χ3n) is 7.01. The molecule has 0 unspecified atom stereocenters. The summed E-state index contributed by atoms with van der Waals surface area (Å²) in [4.78, 5) is 37.1. The van der Waals surface area contributed by atoms with Crippen LogP contribution < -0.4 is 16.6 Å². The number of nitrogens with zero attached hydrogens (tertiary/aromatic N) is 1. The van der Waals surface area contributed by atoms with Crippen LogP contribution in [0.25, 0.3) is 0 Å². The van der Waals surface area contributed by atoms with Gasteiger partial charge in [-0.05, 0) is 16.7 Å². The van der Waals surface area contributed by atoms with Gasteiger partial charge >= 0.3 is 5.69 Å². The summed E-state index contributed by atoms with van der Waals surface area (Å²) in [5, 5.41) is 2.59. The molecule has 4 aromatic rings. The van der Waals surface area contributed by atoms with Crippen molar-refractivity contribution in [2.24, 2.45) is 0 Å². The summed E-state index contributed by atoms with van der Waals surface area (Å²) in [5.41, 5.74) is 0.853. The Morgan fingerprint density at radius 1 is 0.900 bits per heavy atom. The molecule has 0 radical (unpaired) electrons. The van der Waals surface area contributed by atoms with Gasteiger partial charge in [0.2, 0.25) is 6.41 Å². The third kappa shape index (κ3) is 5.81. The second kappa shape index (κ2) is 12.7. The van der Waals surface area contributed by atoms with Crippen LogP contribution in [0.1, 0.15) is 29.3 Å². The summed E-state index contributed by atoms with van der Waals surface area (Å²) in [6.45, 7) is 0.732. The van der Waals surface area contributed by atoms with Gasteiger partial charge in [-0.15, -0.1) is 0 Å². The van der Waals surface area contributed by atoms with Crippen LogP contribution in [0.2, 0.25) is 0 Å². The summed E-state index contributed by atoms with van der Waals surface area (Å²) in [6, 6.07) is 31.3. The highest BCUT2D eigenvalue weighted by molar-refractivity contribution is 5.47. The first-order chi connectivity index (χ1) is 19.6. The maximum Gasteiger partial charge on any atom is 0.330 e. The first-order valence-corrected chi connectivity index (χ1v) is 13.2. The minimum Gasteiger partial charge on any atom is -0.373 e. The Morgan fingerprint density at radius 3 is 2.00 bits per heavy atom. The monoisotopic (exact) mass is 541 g/mol. The summed E-state index contributed by atoms with van der Waals surface area (Å²) in [6.07, 6.45) is 0.749. The van der Waals surface area contributed by atoms with Crippen molar-refractivity contribution in [2.75, 3.05) is 19.8 Å². The van der Waals surface area contributed by atoms with Crippen molar-refractivity contribution in [3.8, 4) is 0 Å². The predicted octanol–water partition coefficient (Wildman–Crippen LogP) is 2.96. The molecule has 9 nitrogen and oxygen atoms in total. The molecule has 5 rings (SSSR count). The molecule has 206 valence electrons. The topological polar surface area (TPSA) is 112 Å². The van der Waals surface area contributed by atoms with Crippen LogP contribution in [0, 0.1) is 0 Å². The molecule has 9 heteroatoms. The number of carbonyl (C=O) groups excluding carboxylic acids is 1. The van der Waals surface area contributed by atoms with Gasteiger partial charge in [0.25, 0.3) is 5.56 Å². The number of ether oxygens (including phenoxy) is 3. The minimum absolute atomic E-state index is 0.138. The van der Waals surface area contributed by atoms with E-state index in [1.54, 1.807) is 0 Å². The Morgan fingerprint density at radius 2 is 1.48 bits per heavy atom. The number of benzene rings is 3. The zero-order valence-corrected chi connectivity index (χ0v) is 21.8. The third-order valence-corrected chi connectivity index (χ3v) is 7.01. The standard InChI is InChI=1S/C31H31N3O6/c35-22-32-17-19-38-26-20-29(34-18-16-28(36)33-30(34)37)40-27(26)21-39-31(23-10-4-1-5-11-23,24-12-6-2-7-13-24)25-14-8-3-9-15-25/h1-16,18,22,26-27,29H,17,19-21H2,(H,32,35)(H,33,36,37)/t26-,27+,29+/m0/s1. The van der Waals surface area contributed by atoms with Crippen molar-refractivity contribution in [3.63, 3.8) is 0 Å². The highest BCUT2D eigenvalue weighted by Crippen LogP contribution is 2.41. The number of hydrogen-bond donors (Lipinski definition) is 2. The van der Waals surface area contributed by atoms with E-state index in [-0.39, 0.29) is 13.2 Å². The molecule has 2 heterocycles. The van der Waals surface area contributed by atoms with Crippen molar-refractivity contribution in [2.45, 2.75) is 30.5 Å². The quantitative estimate of drug-likeness (QED) is 0.162. The van der Waals surface area contributed by atoms with Crippen LogP contribution in [0.3, 0.4) is 0 Å². The Hall–Kier alpha value is -4.31. The van der Waals surface area contributed by atoms with Crippen LogP contribution in [0.15, 0.2) is 113 Å². The number of aromatic nitrogens is 2. The van der Waals surface area contributed by atoms with Crippen molar-refractivity contribution in [3.05, 3.63) is 141 Å². The predicted molar refractivity (Wildman–Crippen MR) is 149 cm³/mol. The smallest absolute Gasteiger partial charge is 0.330 e. The van der Waals surface area contributed by atoms with Crippen LogP contribution in [0.5, 0.6) is 0 Å². The fourth-order valence-corrected chi connectivity index (χ4v) is 5.15. The Labute approximate surface area is 231 Å². The lowest BCUT2D eigenvalue weighted by molar-refractivity contribution is -0.111. The zero-order valence-electron chi connectivity index (χ0n) is 21.8. The van der Waals surface area contributed by atoms with Crippen LogP contribution >= 0.6 is 0 Å². The van der Waals surface area contributed by atoms with Crippen LogP contribution in [-0.4, -0.2) is 47.9 Å². The van der Waals surface area contributed by atoms with Gasteiger partial charge in [-0.3, -0.25) is 19.1 Å². The van der Waals surface area contributed by atoms with Crippen molar-refractivity contribution >= 4 is 6.41 Å². The minimum atomic E-state index is -0.955. The van der Waals surface area contributed by atoms with Gasteiger partial charge in [0.05, 0.1) is 19.3 Å². The molecular formula is C31H31N3O6. The molecule has 1 fully saturated rings.